The van der Waals surface area contributed by atoms with Crippen molar-refractivity contribution in [3.8, 4) is 0 Å². The Morgan fingerprint density at radius 3 is 2.67 bits per heavy atom. The third-order valence-corrected chi connectivity index (χ3v) is 3.01. The quantitative estimate of drug-likeness (QED) is 0.676. The predicted molar refractivity (Wildman–Crippen MR) is 74.7 cm³/mol. The first-order valence-electron chi connectivity index (χ1n) is 5.89. The van der Waals surface area contributed by atoms with Crippen LogP contribution < -0.4 is 5.32 Å². The molecular weight excluding hydrogens is 250 g/mol. The number of carbonyl (C=O) groups is 1. The minimum absolute atomic E-state index is 0. The summed E-state index contributed by atoms with van der Waals surface area (Å²) < 4.78 is 4.54. The fourth-order valence-corrected chi connectivity index (χ4v) is 2.04. The molecule has 0 saturated carbocycles. The third-order valence-electron chi connectivity index (χ3n) is 3.01. The monoisotopic (exact) mass is 267 g/mol. The van der Waals surface area contributed by atoms with Crippen molar-refractivity contribution < 1.29 is 9.53 Å². The van der Waals surface area contributed by atoms with E-state index in [9.17, 15) is 4.79 Å². The van der Waals surface area contributed by atoms with Gasteiger partial charge in [-0.05, 0) is 36.6 Å². The predicted octanol–water partition coefficient (Wildman–Crippen LogP) is 2.72. The molecule has 1 heterocycles. The van der Waals surface area contributed by atoms with Gasteiger partial charge in [-0.15, -0.1) is 12.4 Å². The molecule has 1 aliphatic heterocycles. The highest BCUT2D eigenvalue weighted by molar-refractivity contribution is 5.86. The van der Waals surface area contributed by atoms with Crippen molar-refractivity contribution in [3.05, 3.63) is 41.5 Å². The van der Waals surface area contributed by atoms with Crippen LogP contribution in [0.25, 0.3) is 6.08 Å². The lowest BCUT2D eigenvalue weighted by atomic mass is 10.0. The standard InChI is InChI=1S/C14H17NO2.ClH/c1-17-14(16)9-6-11-4-7-12(8-5-11)13-3-2-10-15-13;/h4-9,13,15H,2-3,10H2,1H3;1H/t13-;/m1./s1. The maximum atomic E-state index is 10.9. The molecule has 0 aliphatic carbocycles. The summed E-state index contributed by atoms with van der Waals surface area (Å²) in [6, 6.07) is 8.76. The number of benzene rings is 1. The molecule has 0 unspecified atom stereocenters. The Balaban J connectivity index is 0.00000162. The van der Waals surface area contributed by atoms with Gasteiger partial charge in [0.05, 0.1) is 7.11 Å². The molecule has 1 aliphatic rings. The second kappa shape index (κ2) is 7.19. The first kappa shape index (κ1) is 14.7. The number of ether oxygens (including phenoxy) is 1. The third kappa shape index (κ3) is 3.86. The molecule has 0 bridgehead atoms. The van der Waals surface area contributed by atoms with Gasteiger partial charge in [-0.2, -0.15) is 0 Å². The number of rotatable bonds is 3. The summed E-state index contributed by atoms with van der Waals surface area (Å²) in [5.74, 6) is -0.327. The van der Waals surface area contributed by atoms with E-state index in [-0.39, 0.29) is 18.4 Å². The highest BCUT2D eigenvalue weighted by Gasteiger charge is 2.15. The van der Waals surface area contributed by atoms with Gasteiger partial charge in [0.25, 0.3) is 0 Å². The average molecular weight is 268 g/mol. The van der Waals surface area contributed by atoms with E-state index < -0.39 is 0 Å². The summed E-state index contributed by atoms with van der Waals surface area (Å²) >= 11 is 0. The number of methoxy groups -OCH3 is 1. The van der Waals surface area contributed by atoms with E-state index in [2.05, 4.69) is 22.2 Å². The Morgan fingerprint density at radius 2 is 2.11 bits per heavy atom. The van der Waals surface area contributed by atoms with Crippen LogP contribution in [0.15, 0.2) is 30.3 Å². The second-order valence-corrected chi connectivity index (χ2v) is 4.17. The summed E-state index contributed by atoms with van der Waals surface area (Å²) in [6.07, 6.45) is 5.65. The summed E-state index contributed by atoms with van der Waals surface area (Å²) in [4.78, 5) is 10.9. The summed E-state index contributed by atoms with van der Waals surface area (Å²) in [6.45, 7) is 1.11. The van der Waals surface area contributed by atoms with Crippen LogP contribution in [0.5, 0.6) is 0 Å². The molecule has 1 saturated heterocycles. The van der Waals surface area contributed by atoms with Gasteiger partial charge in [-0.1, -0.05) is 24.3 Å². The molecule has 0 amide bonds. The van der Waals surface area contributed by atoms with Crippen LogP contribution in [-0.2, 0) is 9.53 Å². The van der Waals surface area contributed by atoms with E-state index in [1.807, 2.05) is 12.1 Å². The second-order valence-electron chi connectivity index (χ2n) is 4.17. The van der Waals surface area contributed by atoms with Crippen molar-refractivity contribution in [1.29, 1.82) is 0 Å². The van der Waals surface area contributed by atoms with Crippen LogP contribution in [0.1, 0.15) is 30.0 Å². The van der Waals surface area contributed by atoms with Crippen LogP contribution in [0.4, 0.5) is 0 Å². The largest absolute Gasteiger partial charge is 0.466 e. The molecule has 1 N–H and O–H groups in total. The van der Waals surface area contributed by atoms with Gasteiger partial charge in [0, 0.05) is 12.1 Å². The van der Waals surface area contributed by atoms with Gasteiger partial charge in [0.1, 0.15) is 0 Å². The molecule has 1 atom stereocenters. The van der Waals surface area contributed by atoms with E-state index in [1.165, 1.54) is 31.6 Å². The summed E-state index contributed by atoms with van der Waals surface area (Å²) in [7, 11) is 1.38. The van der Waals surface area contributed by atoms with Crippen LogP contribution in [0.2, 0.25) is 0 Å². The molecule has 4 heteroatoms. The Bertz CT molecular complexity index is 408. The Labute approximate surface area is 114 Å². The topological polar surface area (TPSA) is 38.3 Å². The molecule has 0 aromatic heterocycles. The van der Waals surface area contributed by atoms with E-state index in [0.717, 1.165) is 12.1 Å². The van der Waals surface area contributed by atoms with Crippen LogP contribution >= 0.6 is 12.4 Å². The van der Waals surface area contributed by atoms with Gasteiger partial charge in [0.15, 0.2) is 0 Å². The number of carbonyl (C=O) groups excluding carboxylic acids is 1. The molecule has 2 rings (SSSR count). The van der Waals surface area contributed by atoms with Crippen molar-refractivity contribution in [1.82, 2.24) is 5.32 Å². The van der Waals surface area contributed by atoms with Crippen molar-refractivity contribution in [2.24, 2.45) is 0 Å². The van der Waals surface area contributed by atoms with Gasteiger partial charge in [-0.25, -0.2) is 4.79 Å². The first-order chi connectivity index (χ1) is 8.29. The fraction of sp³-hybridized carbons (Fsp3) is 0.357. The zero-order chi connectivity index (χ0) is 12.1. The number of hydrogen-bond acceptors (Lipinski definition) is 3. The van der Waals surface area contributed by atoms with Crippen molar-refractivity contribution in [2.75, 3.05) is 13.7 Å². The minimum atomic E-state index is -0.327. The van der Waals surface area contributed by atoms with E-state index >= 15 is 0 Å². The highest BCUT2D eigenvalue weighted by Crippen LogP contribution is 2.23. The number of halogens is 1. The average Bonchev–Trinajstić information content (AvgIpc) is 2.90. The van der Waals surface area contributed by atoms with Crippen LogP contribution in [0.3, 0.4) is 0 Å². The van der Waals surface area contributed by atoms with Gasteiger partial charge < -0.3 is 10.1 Å². The molecule has 18 heavy (non-hydrogen) atoms. The molecule has 0 radical (unpaired) electrons. The Kier molecular flexibility index (Phi) is 5.89. The Morgan fingerprint density at radius 1 is 1.39 bits per heavy atom. The lowest BCUT2D eigenvalue weighted by Crippen LogP contribution is -2.12. The molecule has 1 fully saturated rings. The van der Waals surface area contributed by atoms with Crippen LogP contribution in [-0.4, -0.2) is 19.6 Å². The lowest BCUT2D eigenvalue weighted by Gasteiger charge is -2.10. The molecule has 98 valence electrons. The van der Waals surface area contributed by atoms with E-state index in [1.54, 1.807) is 6.08 Å². The van der Waals surface area contributed by atoms with Crippen molar-refractivity contribution >= 4 is 24.5 Å². The van der Waals surface area contributed by atoms with Gasteiger partial charge >= 0.3 is 5.97 Å². The molecule has 3 nitrogen and oxygen atoms in total. The SMILES string of the molecule is COC(=O)C=Cc1ccc([C@H]2CCCN2)cc1.Cl. The maximum absolute atomic E-state index is 10.9. The fourth-order valence-electron chi connectivity index (χ4n) is 2.04. The zero-order valence-corrected chi connectivity index (χ0v) is 11.2. The molecular formula is C14H18ClNO2. The Hall–Kier alpha value is -1.32. The van der Waals surface area contributed by atoms with Crippen molar-refractivity contribution in [2.45, 2.75) is 18.9 Å². The highest BCUT2D eigenvalue weighted by atomic mass is 35.5. The minimum Gasteiger partial charge on any atom is -0.466 e. The number of hydrogen-bond donors (Lipinski definition) is 1. The molecule has 1 aromatic carbocycles. The van der Waals surface area contributed by atoms with Gasteiger partial charge in [0.2, 0.25) is 0 Å². The zero-order valence-electron chi connectivity index (χ0n) is 10.4. The smallest absolute Gasteiger partial charge is 0.330 e. The van der Waals surface area contributed by atoms with E-state index in [0.29, 0.717) is 6.04 Å². The lowest BCUT2D eigenvalue weighted by molar-refractivity contribution is -0.134. The van der Waals surface area contributed by atoms with Crippen LogP contribution in [0, 0.1) is 0 Å². The summed E-state index contributed by atoms with van der Waals surface area (Å²) in [5.41, 5.74) is 2.33. The molecule has 1 aromatic rings. The maximum Gasteiger partial charge on any atom is 0.330 e. The van der Waals surface area contributed by atoms with E-state index in [4.69, 9.17) is 0 Å². The number of esters is 1. The van der Waals surface area contributed by atoms with Gasteiger partial charge in [-0.3, -0.25) is 0 Å². The number of nitrogens with one attached hydrogen (secondary N) is 1. The molecule has 0 spiro atoms. The van der Waals surface area contributed by atoms with Crippen molar-refractivity contribution in [3.63, 3.8) is 0 Å². The normalized spacial score (nSPS) is 18.6. The first-order valence-corrected chi connectivity index (χ1v) is 5.89. The summed E-state index contributed by atoms with van der Waals surface area (Å²) in [5, 5.41) is 3.46.